The molecular weight excluding hydrogens is 298 g/mol. The Hall–Kier alpha value is -1.36. The van der Waals surface area contributed by atoms with Gasteiger partial charge in [-0.25, -0.2) is 8.42 Å². The fourth-order valence-electron chi connectivity index (χ4n) is 2.48. The Morgan fingerprint density at radius 1 is 1.18 bits per heavy atom. The van der Waals surface area contributed by atoms with Crippen molar-refractivity contribution in [3.8, 4) is 0 Å². The highest BCUT2D eigenvalue weighted by molar-refractivity contribution is 7.92. The molecule has 0 fully saturated rings. The number of hydrogen-bond donors (Lipinski definition) is 0. The summed E-state index contributed by atoms with van der Waals surface area (Å²) in [6.07, 6.45) is 3.71. The molecule has 0 aromatic heterocycles. The number of carbonyl (C=O) groups is 1. The molecule has 0 saturated heterocycles. The van der Waals surface area contributed by atoms with Crippen molar-refractivity contribution in [2.24, 2.45) is 0 Å². The van der Waals surface area contributed by atoms with Crippen molar-refractivity contribution in [2.75, 3.05) is 12.8 Å². The number of sulfone groups is 1. The molecule has 1 aromatic rings. The summed E-state index contributed by atoms with van der Waals surface area (Å²) in [5, 5.41) is -0.998. The van der Waals surface area contributed by atoms with Crippen molar-refractivity contribution in [3.63, 3.8) is 0 Å². The quantitative estimate of drug-likeness (QED) is 0.737. The van der Waals surface area contributed by atoms with Crippen LogP contribution in [0, 0.1) is 0 Å². The van der Waals surface area contributed by atoms with Gasteiger partial charge in [-0.05, 0) is 25.3 Å². The lowest BCUT2D eigenvalue weighted by Crippen LogP contribution is -2.43. The van der Waals surface area contributed by atoms with E-state index >= 15 is 0 Å². The van der Waals surface area contributed by atoms with E-state index in [2.05, 4.69) is 6.92 Å². The first-order valence-electron chi connectivity index (χ1n) is 7.87. The van der Waals surface area contributed by atoms with Gasteiger partial charge in [-0.3, -0.25) is 4.79 Å². The zero-order valence-electron chi connectivity index (χ0n) is 14.0. The van der Waals surface area contributed by atoms with Crippen molar-refractivity contribution in [1.29, 1.82) is 0 Å². The van der Waals surface area contributed by atoms with Crippen LogP contribution in [0.2, 0.25) is 0 Å². The van der Waals surface area contributed by atoms with Crippen LogP contribution in [0.3, 0.4) is 0 Å². The van der Waals surface area contributed by atoms with E-state index < -0.39 is 15.1 Å². The van der Waals surface area contributed by atoms with Gasteiger partial charge in [-0.15, -0.1) is 0 Å². The number of rotatable bonds is 8. The molecular formula is C17H27NO3S. The van der Waals surface area contributed by atoms with Crippen LogP contribution >= 0.6 is 0 Å². The topological polar surface area (TPSA) is 54.5 Å². The molecule has 0 spiro atoms. The summed E-state index contributed by atoms with van der Waals surface area (Å²) in [5.74, 6) is -0.299. The molecule has 124 valence electrons. The van der Waals surface area contributed by atoms with Crippen LogP contribution in [0.5, 0.6) is 0 Å². The molecule has 0 bridgehead atoms. The fourth-order valence-corrected chi connectivity index (χ4v) is 2.98. The summed E-state index contributed by atoms with van der Waals surface area (Å²) >= 11 is 0. The largest absolute Gasteiger partial charge is 0.335 e. The van der Waals surface area contributed by atoms with Crippen LogP contribution in [0.1, 0.15) is 51.6 Å². The lowest BCUT2D eigenvalue weighted by Gasteiger charge is -2.33. The van der Waals surface area contributed by atoms with Gasteiger partial charge in [0, 0.05) is 12.8 Å². The second-order valence-electron chi connectivity index (χ2n) is 5.69. The summed E-state index contributed by atoms with van der Waals surface area (Å²) in [6.45, 7) is 6.15. The van der Waals surface area contributed by atoms with E-state index in [1.165, 1.54) is 6.92 Å². The minimum atomic E-state index is -3.39. The van der Waals surface area contributed by atoms with Crippen LogP contribution in [-0.2, 0) is 14.6 Å². The van der Waals surface area contributed by atoms with Crippen molar-refractivity contribution in [1.82, 2.24) is 4.90 Å². The van der Waals surface area contributed by atoms with Gasteiger partial charge in [0.25, 0.3) is 0 Å². The molecule has 0 aliphatic heterocycles. The average molecular weight is 325 g/mol. The van der Waals surface area contributed by atoms with Crippen LogP contribution < -0.4 is 0 Å². The molecule has 2 atom stereocenters. The van der Waals surface area contributed by atoms with Crippen molar-refractivity contribution in [2.45, 2.75) is 51.3 Å². The maximum absolute atomic E-state index is 12.7. The van der Waals surface area contributed by atoms with Crippen LogP contribution in [-0.4, -0.2) is 37.3 Å². The van der Waals surface area contributed by atoms with Crippen LogP contribution in [0.15, 0.2) is 30.3 Å². The monoisotopic (exact) mass is 325 g/mol. The molecule has 1 rings (SSSR count). The summed E-state index contributed by atoms with van der Waals surface area (Å²) in [7, 11) is -3.39. The van der Waals surface area contributed by atoms with Crippen molar-refractivity contribution < 1.29 is 13.2 Å². The summed E-state index contributed by atoms with van der Waals surface area (Å²) in [6, 6.07) is 9.73. The number of carbonyl (C=O) groups excluding carboxylic acids is 1. The van der Waals surface area contributed by atoms with E-state index in [-0.39, 0.29) is 11.9 Å². The Morgan fingerprint density at radius 3 is 2.23 bits per heavy atom. The molecule has 0 saturated carbocycles. The first-order valence-corrected chi connectivity index (χ1v) is 9.82. The van der Waals surface area contributed by atoms with Gasteiger partial charge in [0.1, 0.15) is 5.25 Å². The highest BCUT2D eigenvalue weighted by Gasteiger charge is 2.32. The third kappa shape index (κ3) is 4.83. The standard InChI is InChI=1S/C17H27NO3S/c1-5-7-13-18(17(19)14(3)22(4,20)21)16(6-2)15-11-9-8-10-12-15/h8-12,14,16H,5-7,13H2,1-4H3/t14-,16+/m1/s1. The Balaban J connectivity index is 3.12. The van der Waals surface area contributed by atoms with Crippen molar-refractivity contribution >= 4 is 15.7 Å². The van der Waals surface area contributed by atoms with Gasteiger partial charge in [0.05, 0.1) is 6.04 Å². The third-order valence-corrected chi connectivity index (χ3v) is 5.46. The first-order chi connectivity index (χ1) is 10.3. The van der Waals surface area contributed by atoms with E-state index in [0.717, 1.165) is 31.1 Å². The Kier molecular flexibility index (Phi) is 7.07. The smallest absolute Gasteiger partial charge is 0.241 e. The average Bonchev–Trinajstić information content (AvgIpc) is 2.50. The molecule has 4 nitrogen and oxygen atoms in total. The summed E-state index contributed by atoms with van der Waals surface area (Å²) in [4.78, 5) is 14.5. The minimum Gasteiger partial charge on any atom is -0.335 e. The number of nitrogens with zero attached hydrogens (tertiary/aromatic N) is 1. The maximum atomic E-state index is 12.7. The molecule has 0 aliphatic carbocycles. The van der Waals surface area contributed by atoms with E-state index in [9.17, 15) is 13.2 Å². The Bertz CT molecular complexity index is 569. The van der Waals surface area contributed by atoms with E-state index in [4.69, 9.17) is 0 Å². The van der Waals surface area contributed by atoms with Gasteiger partial charge in [0.2, 0.25) is 5.91 Å². The molecule has 1 amide bonds. The number of unbranched alkanes of at least 4 members (excludes halogenated alkanes) is 1. The first kappa shape index (κ1) is 18.7. The van der Waals surface area contributed by atoms with Crippen LogP contribution in [0.25, 0.3) is 0 Å². The van der Waals surface area contributed by atoms with E-state index in [0.29, 0.717) is 6.54 Å². The summed E-state index contributed by atoms with van der Waals surface area (Å²) in [5.41, 5.74) is 1.05. The molecule has 1 aromatic carbocycles. The zero-order chi connectivity index (χ0) is 16.8. The van der Waals surface area contributed by atoms with E-state index in [1.807, 2.05) is 37.3 Å². The highest BCUT2D eigenvalue weighted by Crippen LogP contribution is 2.26. The van der Waals surface area contributed by atoms with Crippen LogP contribution in [0.4, 0.5) is 0 Å². The maximum Gasteiger partial charge on any atom is 0.241 e. The van der Waals surface area contributed by atoms with Gasteiger partial charge in [0.15, 0.2) is 9.84 Å². The summed E-state index contributed by atoms with van der Waals surface area (Å²) < 4.78 is 23.5. The molecule has 22 heavy (non-hydrogen) atoms. The van der Waals surface area contributed by atoms with Gasteiger partial charge < -0.3 is 4.90 Å². The van der Waals surface area contributed by atoms with Gasteiger partial charge in [-0.1, -0.05) is 50.6 Å². The number of hydrogen-bond acceptors (Lipinski definition) is 3. The minimum absolute atomic E-state index is 0.0792. The SMILES string of the molecule is CCCCN(C(=O)[C@@H](C)S(C)(=O)=O)[C@@H](CC)c1ccccc1. The normalized spacial score (nSPS) is 14.4. The second kappa shape index (κ2) is 8.32. The molecule has 0 heterocycles. The predicted molar refractivity (Wildman–Crippen MR) is 90.4 cm³/mol. The Morgan fingerprint density at radius 2 is 1.77 bits per heavy atom. The number of amides is 1. The molecule has 0 aliphatic rings. The van der Waals surface area contributed by atoms with E-state index in [1.54, 1.807) is 4.90 Å². The second-order valence-corrected chi connectivity index (χ2v) is 8.06. The van der Waals surface area contributed by atoms with Crippen molar-refractivity contribution in [3.05, 3.63) is 35.9 Å². The lowest BCUT2D eigenvalue weighted by molar-refractivity contribution is -0.133. The highest BCUT2D eigenvalue weighted by atomic mass is 32.2. The predicted octanol–water partition coefficient (Wildman–Crippen LogP) is 3.20. The Labute approximate surface area is 134 Å². The lowest BCUT2D eigenvalue weighted by atomic mass is 10.0. The molecule has 5 heteroatoms. The third-order valence-electron chi connectivity index (χ3n) is 3.97. The molecule has 0 unspecified atom stereocenters. The molecule has 0 N–H and O–H groups in total. The zero-order valence-corrected chi connectivity index (χ0v) is 14.8. The fraction of sp³-hybridized carbons (Fsp3) is 0.588. The van der Waals surface area contributed by atoms with Gasteiger partial charge >= 0.3 is 0 Å². The number of benzene rings is 1. The van der Waals surface area contributed by atoms with Gasteiger partial charge in [-0.2, -0.15) is 0 Å². The molecule has 0 radical (unpaired) electrons.